The second kappa shape index (κ2) is 5.72. The van der Waals surface area contributed by atoms with Crippen LogP contribution in [0.3, 0.4) is 0 Å². The van der Waals surface area contributed by atoms with Crippen LogP contribution in [-0.2, 0) is 0 Å². The second-order valence-electron chi connectivity index (χ2n) is 6.16. The molecule has 2 aromatic rings. The molecule has 4 heteroatoms. The molecule has 0 bridgehead atoms. The zero-order valence-corrected chi connectivity index (χ0v) is 13.0. The summed E-state index contributed by atoms with van der Waals surface area (Å²) in [6, 6.07) is 10.3. The van der Waals surface area contributed by atoms with Crippen molar-refractivity contribution in [3.8, 4) is 0 Å². The van der Waals surface area contributed by atoms with Crippen LogP contribution in [0.1, 0.15) is 17.4 Å². The van der Waals surface area contributed by atoms with E-state index in [1.54, 1.807) is 0 Å². The molecule has 0 amide bonds. The van der Waals surface area contributed by atoms with Crippen molar-refractivity contribution >= 4 is 10.9 Å². The lowest BCUT2D eigenvalue weighted by Crippen LogP contribution is -2.52. The Labute approximate surface area is 126 Å². The number of pyridine rings is 1. The average Bonchev–Trinajstić information content (AvgIpc) is 2.48. The van der Waals surface area contributed by atoms with Crippen molar-refractivity contribution in [2.75, 3.05) is 33.7 Å². The van der Waals surface area contributed by atoms with Gasteiger partial charge in [-0.15, -0.1) is 0 Å². The topological polar surface area (TPSA) is 39.6 Å². The number of aliphatic hydroxyl groups is 1. The molecule has 21 heavy (non-hydrogen) atoms. The number of hydrogen-bond acceptors (Lipinski definition) is 4. The number of aryl methyl sites for hydroxylation is 1. The van der Waals surface area contributed by atoms with Gasteiger partial charge in [0.05, 0.1) is 17.7 Å². The summed E-state index contributed by atoms with van der Waals surface area (Å²) in [5.74, 6) is 0. The molecule has 1 aromatic carbocycles. The lowest BCUT2D eigenvalue weighted by atomic mass is 9.97. The smallest absolute Gasteiger partial charge is 0.0957 e. The van der Waals surface area contributed by atoms with Gasteiger partial charge in [-0.1, -0.05) is 12.1 Å². The van der Waals surface area contributed by atoms with E-state index in [-0.39, 0.29) is 6.04 Å². The molecule has 1 aliphatic rings. The van der Waals surface area contributed by atoms with Crippen LogP contribution in [0.5, 0.6) is 0 Å². The van der Waals surface area contributed by atoms with Gasteiger partial charge in [0, 0.05) is 30.7 Å². The van der Waals surface area contributed by atoms with Gasteiger partial charge in [-0.3, -0.25) is 9.88 Å². The van der Waals surface area contributed by atoms with Gasteiger partial charge in [-0.05, 0) is 44.8 Å². The highest BCUT2D eigenvalue weighted by molar-refractivity contribution is 5.79. The first-order valence-corrected chi connectivity index (χ1v) is 7.49. The van der Waals surface area contributed by atoms with E-state index in [9.17, 15) is 5.11 Å². The number of aliphatic hydroxyl groups excluding tert-OH is 1. The predicted octanol–water partition coefficient (Wildman–Crippen LogP) is 1.82. The maximum Gasteiger partial charge on any atom is 0.0957 e. The van der Waals surface area contributed by atoms with Crippen LogP contribution < -0.4 is 0 Å². The highest BCUT2D eigenvalue weighted by atomic mass is 16.3. The van der Waals surface area contributed by atoms with E-state index in [1.165, 1.54) is 0 Å². The monoisotopic (exact) mass is 285 g/mol. The summed E-state index contributed by atoms with van der Waals surface area (Å²) in [6.07, 6.45) is -0.469. The predicted molar refractivity (Wildman–Crippen MR) is 85.4 cm³/mol. The summed E-state index contributed by atoms with van der Waals surface area (Å²) < 4.78 is 0. The SMILES string of the molecule is Cc1ccc2cc(C(O)C3CN(C)CCN3C)ccc2n1. The van der Waals surface area contributed by atoms with Gasteiger partial charge in [0.1, 0.15) is 0 Å². The van der Waals surface area contributed by atoms with E-state index in [1.807, 2.05) is 25.1 Å². The number of benzene rings is 1. The first kappa shape index (κ1) is 14.4. The molecule has 0 spiro atoms. The van der Waals surface area contributed by atoms with Crippen LogP contribution in [0.25, 0.3) is 10.9 Å². The first-order valence-electron chi connectivity index (χ1n) is 7.49. The first-order chi connectivity index (χ1) is 10.0. The molecule has 1 fully saturated rings. The van der Waals surface area contributed by atoms with Gasteiger partial charge in [0.2, 0.25) is 0 Å². The van der Waals surface area contributed by atoms with Gasteiger partial charge in [0.25, 0.3) is 0 Å². The van der Waals surface area contributed by atoms with Crippen LogP contribution >= 0.6 is 0 Å². The third-order valence-electron chi connectivity index (χ3n) is 4.46. The summed E-state index contributed by atoms with van der Waals surface area (Å²) in [7, 11) is 4.20. The van der Waals surface area contributed by atoms with Crippen molar-refractivity contribution in [3.05, 3.63) is 41.6 Å². The van der Waals surface area contributed by atoms with Gasteiger partial charge in [-0.25, -0.2) is 0 Å². The van der Waals surface area contributed by atoms with Crippen LogP contribution in [-0.4, -0.2) is 59.7 Å². The average molecular weight is 285 g/mol. The summed E-state index contributed by atoms with van der Waals surface area (Å²) in [5, 5.41) is 11.8. The molecule has 1 N–H and O–H groups in total. The van der Waals surface area contributed by atoms with E-state index in [0.29, 0.717) is 0 Å². The lowest BCUT2D eigenvalue weighted by Gasteiger charge is -2.40. The Kier molecular flexibility index (Phi) is 3.93. The van der Waals surface area contributed by atoms with Crippen molar-refractivity contribution in [2.45, 2.75) is 19.1 Å². The van der Waals surface area contributed by atoms with E-state index in [4.69, 9.17) is 0 Å². The Hall–Kier alpha value is -1.49. The summed E-state index contributed by atoms with van der Waals surface area (Å²) in [5.41, 5.74) is 2.98. The Balaban J connectivity index is 1.90. The number of aromatic nitrogens is 1. The maximum atomic E-state index is 10.8. The molecule has 2 unspecified atom stereocenters. The van der Waals surface area contributed by atoms with Gasteiger partial charge in [-0.2, -0.15) is 0 Å². The molecule has 0 aliphatic carbocycles. The largest absolute Gasteiger partial charge is 0.387 e. The van der Waals surface area contributed by atoms with E-state index in [2.05, 4.69) is 41.0 Å². The van der Waals surface area contributed by atoms with E-state index >= 15 is 0 Å². The van der Waals surface area contributed by atoms with Crippen molar-refractivity contribution in [1.29, 1.82) is 0 Å². The number of nitrogens with zero attached hydrogens (tertiary/aromatic N) is 3. The zero-order chi connectivity index (χ0) is 15.0. The summed E-state index contributed by atoms with van der Waals surface area (Å²) >= 11 is 0. The van der Waals surface area contributed by atoms with Crippen LogP contribution in [0, 0.1) is 6.92 Å². The Morgan fingerprint density at radius 2 is 2.00 bits per heavy atom. The Morgan fingerprint density at radius 3 is 2.81 bits per heavy atom. The number of fused-ring (bicyclic) bond motifs is 1. The van der Waals surface area contributed by atoms with Crippen molar-refractivity contribution in [2.24, 2.45) is 0 Å². The van der Waals surface area contributed by atoms with E-state index in [0.717, 1.165) is 41.8 Å². The fourth-order valence-corrected chi connectivity index (χ4v) is 3.04. The van der Waals surface area contributed by atoms with Gasteiger partial charge < -0.3 is 10.0 Å². The minimum absolute atomic E-state index is 0.139. The standard InChI is InChI=1S/C17H23N3O/c1-12-4-5-13-10-14(6-7-15(13)18-12)17(21)16-11-19(2)8-9-20(16)3/h4-7,10,16-17,21H,8-9,11H2,1-3H3. The molecule has 2 heterocycles. The fourth-order valence-electron chi connectivity index (χ4n) is 3.04. The summed E-state index contributed by atoms with van der Waals surface area (Å²) in [6.45, 7) is 4.93. The number of rotatable bonds is 2. The molecule has 112 valence electrons. The molecule has 3 rings (SSSR count). The molecule has 0 saturated carbocycles. The van der Waals surface area contributed by atoms with Gasteiger partial charge >= 0.3 is 0 Å². The fraction of sp³-hybridized carbons (Fsp3) is 0.471. The highest BCUT2D eigenvalue weighted by Crippen LogP contribution is 2.25. The number of hydrogen-bond donors (Lipinski definition) is 1. The Bertz CT molecular complexity index is 643. The molecule has 0 radical (unpaired) electrons. The third kappa shape index (κ3) is 2.93. The minimum atomic E-state index is -0.469. The lowest BCUT2D eigenvalue weighted by molar-refractivity contribution is 0.0139. The molecule has 4 nitrogen and oxygen atoms in total. The van der Waals surface area contributed by atoms with Crippen molar-refractivity contribution < 1.29 is 5.11 Å². The third-order valence-corrected chi connectivity index (χ3v) is 4.46. The molecule has 1 saturated heterocycles. The molecular formula is C17H23N3O. The maximum absolute atomic E-state index is 10.8. The summed E-state index contributed by atoms with van der Waals surface area (Å²) in [4.78, 5) is 9.05. The van der Waals surface area contributed by atoms with Crippen LogP contribution in [0.15, 0.2) is 30.3 Å². The zero-order valence-electron chi connectivity index (χ0n) is 13.0. The van der Waals surface area contributed by atoms with Crippen molar-refractivity contribution in [1.82, 2.24) is 14.8 Å². The molecular weight excluding hydrogens is 262 g/mol. The molecule has 1 aliphatic heterocycles. The number of likely N-dealkylation sites (N-methyl/N-ethyl adjacent to an activating group) is 2. The molecule has 1 aromatic heterocycles. The van der Waals surface area contributed by atoms with E-state index < -0.39 is 6.10 Å². The normalized spacial score (nSPS) is 22.6. The second-order valence-corrected chi connectivity index (χ2v) is 6.16. The van der Waals surface area contributed by atoms with Crippen LogP contribution in [0.2, 0.25) is 0 Å². The van der Waals surface area contributed by atoms with Crippen molar-refractivity contribution in [3.63, 3.8) is 0 Å². The Morgan fingerprint density at radius 1 is 1.19 bits per heavy atom. The van der Waals surface area contributed by atoms with Crippen LogP contribution in [0.4, 0.5) is 0 Å². The van der Waals surface area contributed by atoms with Gasteiger partial charge in [0.15, 0.2) is 0 Å². The highest BCUT2D eigenvalue weighted by Gasteiger charge is 2.29. The molecule has 2 atom stereocenters. The number of piperazine rings is 1. The quantitative estimate of drug-likeness (QED) is 0.913. The minimum Gasteiger partial charge on any atom is -0.387 e.